The highest BCUT2D eigenvalue weighted by Gasteiger charge is 2.24. The molecule has 1 saturated heterocycles. The largest absolute Gasteiger partial charge is 0.384 e. The number of aliphatic hydroxyl groups excluding tert-OH is 1. The molecule has 2 rings (SSSR count). The van der Waals surface area contributed by atoms with Gasteiger partial charge in [-0.15, -0.1) is 11.3 Å². The van der Waals surface area contributed by atoms with Crippen molar-refractivity contribution in [3.8, 4) is 11.8 Å². The van der Waals surface area contributed by atoms with Gasteiger partial charge in [-0.25, -0.2) is 0 Å². The van der Waals surface area contributed by atoms with E-state index in [4.69, 9.17) is 5.11 Å². The van der Waals surface area contributed by atoms with Gasteiger partial charge in [-0.05, 0) is 25.5 Å². The Balaban J connectivity index is 1.94. The van der Waals surface area contributed by atoms with E-state index in [9.17, 15) is 4.79 Å². The number of carbonyl (C=O) groups is 1. The van der Waals surface area contributed by atoms with Crippen LogP contribution in [0.1, 0.15) is 34.8 Å². The third kappa shape index (κ3) is 4.07. The van der Waals surface area contributed by atoms with Crippen LogP contribution in [-0.2, 0) is 0 Å². The highest BCUT2D eigenvalue weighted by atomic mass is 32.1. The quantitative estimate of drug-likeness (QED) is 0.864. The molecular weight excluding hydrogens is 284 g/mol. The van der Waals surface area contributed by atoms with E-state index in [0.29, 0.717) is 6.04 Å². The molecule has 0 spiro atoms. The monoisotopic (exact) mass is 306 g/mol. The molecule has 4 nitrogen and oxygen atoms in total. The maximum atomic E-state index is 12.5. The lowest BCUT2D eigenvalue weighted by atomic mass is 10.2. The number of hydrogen-bond acceptors (Lipinski definition) is 4. The summed E-state index contributed by atoms with van der Waals surface area (Å²) in [6.45, 7) is 7.76. The minimum atomic E-state index is -0.154. The SMILES string of the molecule is CCC(C)N1CCN(C(=O)c2ccc(C#CCO)s2)CC1. The fourth-order valence-electron chi connectivity index (χ4n) is 2.43. The van der Waals surface area contributed by atoms with Gasteiger partial charge in [0.15, 0.2) is 0 Å². The van der Waals surface area contributed by atoms with E-state index in [-0.39, 0.29) is 12.5 Å². The number of carbonyl (C=O) groups excluding carboxylic acids is 1. The number of rotatable bonds is 3. The predicted molar refractivity (Wildman–Crippen MR) is 85.5 cm³/mol. The van der Waals surface area contributed by atoms with Crippen molar-refractivity contribution >= 4 is 17.2 Å². The van der Waals surface area contributed by atoms with Crippen molar-refractivity contribution in [1.29, 1.82) is 0 Å². The summed E-state index contributed by atoms with van der Waals surface area (Å²) in [4.78, 5) is 18.4. The Morgan fingerprint density at radius 3 is 2.71 bits per heavy atom. The first-order valence-electron chi connectivity index (χ1n) is 7.38. The first kappa shape index (κ1) is 16.0. The lowest BCUT2D eigenvalue weighted by Crippen LogP contribution is -2.51. The fraction of sp³-hybridized carbons (Fsp3) is 0.562. The van der Waals surface area contributed by atoms with Crippen molar-refractivity contribution in [3.05, 3.63) is 21.9 Å². The van der Waals surface area contributed by atoms with Crippen molar-refractivity contribution < 1.29 is 9.90 Å². The molecule has 0 aliphatic carbocycles. The van der Waals surface area contributed by atoms with E-state index in [0.717, 1.165) is 42.4 Å². The molecule has 1 aliphatic heterocycles. The minimum absolute atomic E-state index is 0.0980. The number of aliphatic hydroxyl groups is 1. The van der Waals surface area contributed by atoms with Gasteiger partial charge in [0.2, 0.25) is 0 Å². The van der Waals surface area contributed by atoms with Gasteiger partial charge in [0.1, 0.15) is 6.61 Å². The van der Waals surface area contributed by atoms with E-state index in [1.807, 2.05) is 17.0 Å². The van der Waals surface area contributed by atoms with Crippen molar-refractivity contribution in [2.45, 2.75) is 26.3 Å². The first-order chi connectivity index (χ1) is 10.2. The molecule has 1 aromatic rings. The van der Waals surface area contributed by atoms with Crippen LogP contribution in [0.25, 0.3) is 0 Å². The summed E-state index contributed by atoms with van der Waals surface area (Å²) >= 11 is 1.40. The summed E-state index contributed by atoms with van der Waals surface area (Å²) in [5.74, 6) is 5.55. The zero-order chi connectivity index (χ0) is 15.2. The van der Waals surface area contributed by atoms with Gasteiger partial charge in [0, 0.05) is 32.2 Å². The Morgan fingerprint density at radius 2 is 2.10 bits per heavy atom. The third-order valence-corrected chi connectivity index (χ3v) is 4.91. The summed E-state index contributed by atoms with van der Waals surface area (Å²) < 4.78 is 0. The van der Waals surface area contributed by atoms with Crippen molar-refractivity contribution in [2.24, 2.45) is 0 Å². The molecule has 1 N–H and O–H groups in total. The van der Waals surface area contributed by atoms with Gasteiger partial charge in [-0.1, -0.05) is 18.8 Å². The van der Waals surface area contributed by atoms with Crippen molar-refractivity contribution in [1.82, 2.24) is 9.80 Å². The highest BCUT2D eigenvalue weighted by molar-refractivity contribution is 7.14. The molecule has 0 bridgehead atoms. The molecule has 1 amide bonds. The number of thiophene rings is 1. The maximum Gasteiger partial charge on any atom is 0.264 e. The Bertz CT molecular complexity index is 536. The maximum absolute atomic E-state index is 12.5. The van der Waals surface area contributed by atoms with Gasteiger partial charge in [0.25, 0.3) is 5.91 Å². The Morgan fingerprint density at radius 1 is 1.38 bits per heavy atom. The van der Waals surface area contributed by atoms with Crippen molar-refractivity contribution in [2.75, 3.05) is 32.8 Å². The Labute approximate surface area is 130 Å². The first-order valence-corrected chi connectivity index (χ1v) is 8.20. The molecule has 1 atom stereocenters. The molecule has 0 saturated carbocycles. The lowest BCUT2D eigenvalue weighted by molar-refractivity contribution is 0.0584. The van der Waals surface area contributed by atoms with Gasteiger partial charge in [-0.2, -0.15) is 0 Å². The fourth-order valence-corrected chi connectivity index (χ4v) is 3.28. The molecule has 1 fully saturated rings. The van der Waals surface area contributed by atoms with Crippen LogP contribution >= 0.6 is 11.3 Å². The average molecular weight is 306 g/mol. The topological polar surface area (TPSA) is 43.8 Å². The van der Waals surface area contributed by atoms with E-state index >= 15 is 0 Å². The summed E-state index contributed by atoms with van der Waals surface area (Å²) in [6, 6.07) is 4.26. The number of nitrogens with zero attached hydrogens (tertiary/aromatic N) is 2. The molecule has 21 heavy (non-hydrogen) atoms. The van der Waals surface area contributed by atoms with Crippen molar-refractivity contribution in [3.63, 3.8) is 0 Å². The van der Waals surface area contributed by atoms with Gasteiger partial charge < -0.3 is 10.0 Å². The van der Waals surface area contributed by atoms with Gasteiger partial charge in [-0.3, -0.25) is 9.69 Å². The van der Waals surface area contributed by atoms with Crippen LogP contribution in [0, 0.1) is 11.8 Å². The van der Waals surface area contributed by atoms with Crippen LogP contribution < -0.4 is 0 Å². The van der Waals surface area contributed by atoms with Gasteiger partial charge in [0.05, 0.1) is 9.75 Å². The number of hydrogen-bond donors (Lipinski definition) is 1. The lowest BCUT2D eigenvalue weighted by Gasteiger charge is -2.37. The molecular formula is C16H22N2O2S. The van der Waals surface area contributed by atoms with E-state index in [1.54, 1.807) is 0 Å². The second kappa shape index (κ2) is 7.60. The van der Waals surface area contributed by atoms with Crippen LogP contribution in [0.3, 0.4) is 0 Å². The molecule has 1 unspecified atom stereocenters. The van der Waals surface area contributed by atoms with E-state index in [2.05, 4.69) is 30.6 Å². The standard InChI is InChI=1S/C16H22N2O2S/c1-3-13(2)17-8-10-18(11-9-17)16(20)15-7-6-14(21-15)5-4-12-19/h6-7,13,19H,3,8-12H2,1-2H3. The second-order valence-electron chi connectivity index (χ2n) is 5.21. The number of amides is 1. The van der Waals surface area contributed by atoms with Crippen LogP contribution in [0.2, 0.25) is 0 Å². The summed E-state index contributed by atoms with van der Waals surface area (Å²) in [7, 11) is 0. The van der Waals surface area contributed by atoms with Crippen LogP contribution in [0.5, 0.6) is 0 Å². The van der Waals surface area contributed by atoms with E-state index in [1.165, 1.54) is 11.3 Å². The molecule has 1 aliphatic rings. The third-order valence-electron chi connectivity index (χ3n) is 3.92. The predicted octanol–water partition coefficient (Wildman–Crippen LogP) is 1.65. The molecule has 114 valence electrons. The minimum Gasteiger partial charge on any atom is -0.384 e. The summed E-state index contributed by atoms with van der Waals surface area (Å²) in [5.41, 5.74) is 0. The summed E-state index contributed by atoms with van der Waals surface area (Å²) in [5, 5.41) is 8.69. The molecule has 1 aromatic heterocycles. The van der Waals surface area contributed by atoms with Crippen LogP contribution in [-0.4, -0.2) is 59.6 Å². The number of piperazine rings is 1. The zero-order valence-electron chi connectivity index (χ0n) is 12.6. The summed E-state index contributed by atoms with van der Waals surface area (Å²) in [6.07, 6.45) is 1.14. The molecule has 0 aromatic carbocycles. The highest BCUT2D eigenvalue weighted by Crippen LogP contribution is 2.19. The Kier molecular flexibility index (Phi) is 5.80. The second-order valence-corrected chi connectivity index (χ2v) is 6.29. The smallest absolute Gasteiger partial charge is 0.264 e. The van der Waals surface area contributed by atoms with Gasteiger partial charge >= 0.3 is 0 Å². The average Bonchev–Trinajstić information content (AvgIpc) is 3.00. The normalized spacial score (nSPS) is 17.2. The molecule has 5 heteroatoms. The van der Waals surface area contributed by atoms with Crippen LogP contribution in [0.4, 0.5) is 0 Å². The van der Waals surface area contributed by atoms with E-state index < -0.39 is 0 Å². The molecule has 2 heterocycles. The van der Waals surface area contributed by atoms with Crippen LogP contribution in [0.15, 0.2) is 12.1 Å². The zero-order valence-corrected chi connectivity index (χ0v) is 13.4. The Hall–Kier alpha value is -1.35. The molecule has 0 radical (unpaired) electrons.